The molecule has 0 amide bonds. The second-order valence-corrected chi connectivity index (χ2v) is 5.85. The lowest BCUT2D eigenvalue weighted by Crippen LogP contribution is -2.25. The van der Waals surface area contributed by atoms with Crippen molar-refractivity contribution >= 4 is 43.3 Å². The SMILES string of the molecule is FC(F)(F)N1N=C1C(=C(Br)Br)c1ccccc1. The average Bonchev–Trinajstić information content (AvgIpc) is 2.98. The number of hydrogen-bond donors (Lipinski definition) is 0. The molecule has 0 saturated heterocycles. The second-order valence-electron chi connectivity index (χ2n) is 3.20. The molecular weight excluding hydrogens is 365 g/mol. The van der Waals surface area contributed by atoms with Crippen molar-refractivity contribution < 1.29 is 13.2 Å². The van der Waals surface area contributed by atoms with E-state index in [0.717, 1.165) is 0 Å². The third kappa shape index (κ3) is 2.71. The largest absolute Gasteiger partial charge is 0.506 e. The summed E-state index contributed by atoms with van der Waals surface area (Å²) in [5.41, 5.74) is 1.03. The van der Waals surface area contributed by atoms with Gasteiger partial charge in [-0.1, -0.05) is 30.3 Å². The molecule has 1 aromatic carbocycles. The predicted molar refractivity (Wildman–Crippen MR) is 66.5 cm³/mol. The summed E-state index contributed by atoms with van der Waals surface area (Å²) in [7, 11) is 0. The van der Waals surface area contributed by atoms with E-state index in [0.29, 0.717) is 14.5 Å². The first-order chi connectivity index (χ1) is 7.91. The number of hydrazone groups is 1. The molecule has 2 nitrogen and oxygen atoms in total. The van der Waals surface area contributed by atoms with Crippen LogP contribution in [0.3, 0.4) is 0 Å². The summed E-state index contributed by atoms with van der Waals surface area (Å²) in [4.78, 5) is 0. The molecule has 0 atom stereocenters. The van der Waals surface area contributed by atoms with Crippen LogP contribution < -0.4 is 0 Å². The van der Waals surface area contributed by atoms with Crippen molar-refractivity contribution in [1.29, 1.82) is 0 Å². The molecule has 1 heterocycles. The van der Waals surface area contributed by atoms with Gasteiger partial charge < -0.3 is 0 Å². The van der Waals surface area contributed by atoms with Crippen LogP contribution >= 0.6 is 31.9 Å². The first-order valence-electron chi connectivity index (χ1n) is 4.48. The van der Waals surface area contributed by atoms with Crippen LogP contribution in [0.5, 0.6) is 0 Å². The number of hydrogen-bond acceptors (Lipinski definition) is 2. The molecule has 0 spiro atoms. The maximum absolute atomic E-state index is 12.4. The van der Waals surface area contributed by atoms with Gasteiger partial charge in [-0.05, 0) is 37.4 Å². The van der Waals surface area contributed by atoms with Crippen LogP contribution in [0.1, 0.15) is 5.56 Å². The van der Waals surface area contributed by atoms with Gasteiger partial charge in [0.05, 0.1) is 3.39 Å². The summed E-state index contributed by atoms with van der Waals surface area (Å²) in [5, 5.41) is 3.37. The van der Waals surface area contributed by atoms with E-state index in [2.05, 4.69) is 37.0 Å². The van der Waals surface area contributed by atoms with Crippen LogP contribution in [-0.2, 0) is 0 Å². The summed E-state index contributed by atoms with van der Waals surface area (Å²) in [6.45, 7) is 0. The lowest BCUT2D eigenvalue weighted by Gasteiger charge is -2.08. The van der Waals surface area contributed by atoms with E-state index in [1.165, 1.54) is 0 Å². The maximum Gasteiger partial charge on any atom is 0.506 e. The molecule has 17 heavy (non-hydrogen) atoms. The normalized spacial score (nSPS) is 14.4. The van der Waals surface area contributed by atoms with Crippen LogP contribution in [-0.4, -0.2) is 17.1 Å². The number of amidine groups is 1. The van der Waals surface area contributed by atoms with Crippen molar-refractivity contribution in [2.45, 2.75) is 6.30 Å². The third-order valence-corrected chi connectivity index (χ3v) is 2.86. The molecule has 0 saturated carbocycles. The number of alkyl halides is 3. The summed E-state index contributed by atoms with van der Waals surface area (Å²) in [5.74, 6) is -0.104. The fraction of sp³-hybridized carbons (Fsp3) is 0.100. The van der Waals surface area contributed by atoms with Crippen LogP contribution in [0.4, 0.5) is 13.2 Å². The Bertz CT molecular complexity index is 490. The van der Waals surface area contributed by atoms with Gasteiger partial charge >= 0.3 is 6.30 Å². The van der Waals surface area contributed by atoms with Gasteiger partial charge in [-0.3, -0.25) is 0 Å². The molecule has 0 unspecified atom stereocenters. The highest BCUT2D eigenvalue weighted by molar-refractivity contribution is 9.28. The molecule has 0 aliphatic carbocycles. The zero-order valence-corrected chi connectivity index (χ0v) is 11.3. The molecule has 0 bridgehead atoms. The fourth-order valence-electron chi connectivity index (χ4n) is 1.33. The van der Waals surface area contributed by atoms with Gasteiger partial charge in [0.2, 0.25) is 0 Å². The zero-order valence-electron chi connectivity index (χ0n) is 8.17. The Morgan fingerprint density at radius 2 is 1.71 bits per heavy atom. The smallest absolute Gasteiger partial charge is 0.149 e. The van der Waals surface area contributed by atoms with Crippen LogP contribution in [0.25, 0.3) is 5.57 Å². The Morgan fingerprint density at radius 1 is 1.12 bits per heavy atom. The average molecular weight is 370 g/mol. The molecule has 90 valence electrons. The van der Waals surface area contributed by atoms with E-state index in [1.54, 1.807) is 30.3 Å². The highest BCUT2D eigenvalue weighted by Crippen LogP contribution is 2.39. The van der Waals surface area contributed by atoms with Gasteiger partial charge in [0.15, 0.2) is 5.84 Å². The molecule has 1 aliphatic heterocycles. The standard InChI is InChI=1S/C10H5Br2F3N2/c11-8(12)7(6-4-2-1-3-5-6)9-16-17(9)10(13,14)15/h1-5H. The quantitative estimate of drug-likeness (QED) is 0.710. The number of rotatable bonds is 2. The van der Waals surface area contributed by atoms with E-state index in [9.17, 15) is 13.2 Å². The van der Waals surface area contributed by atoms with Crippen molar-refractivity contribution in [3.05, 3.63) is 39.3 Å². The Morgan fingerprint density at radius 3 is 2.12 bits per heavy atom. The summed E-state index contributed by atoms with van der Waals surface area (Å²) in [6, 6.07) is 8.72. The number of benzene rings is 1. The van der Waals surface area contributed by atoms with Gasteiger partial charge in [0, 0.05) is 5.57 Å². The van der Waals surface area contributed by atoms with Crippen molar-refractivity contribution in [3.8, 4) is 0 Å². The van der Waals surface area contributed by atoms with E-state index in [-0.39, 0.29) is 10.8 Å². The van der Waals surface area contributed by atoms with Gasteiger partial charge in [0.1, 0.15) is 0 Å². The van der Waals surface area contributed by atoms with Gasteiger partial charge in [-0.25, -0.2) is 0 Å². The Labute approximate surface area is 112 Å². The van der Waals surface area contributed by atoms with Crippen molar-refractivity contribution in [3.63, 3.8) is 0 Å². The molecular formula is C10H5Br2F3N2. The molecule has 1 aromatic rings. The molecule has 0 fully saturated rings. The van der Waals surface area contributed by atoms with Crippen LogP contribution in [0.15, 0.2) is 38.8 Å². The van der Waals surface area contributed by atoms with E-state index < -0.39 is 6.30 Å². The lowest BCUT2D eigenvalue weighted by molar-refractivity contribution is -0.201. The van der Waals surface area contributed by atoms with E-state index >= 15 is 0 Å². The summed E-state index contributed by atoms with van der Waals surface area (Å²) in [6.07, 6.45) is -4.47. The second kappa shape index (κ2) is 4.45. The molecule has 1 aliphatic rings. The van der Waals surface area contributed by atoms with Crippen LogP contribution in [0, 0.1) is 0 Å². The Kier molecular flexibility index (Phi) is 3.31. The molecule has 0 aromatic heterocycles. The van der Waals surface area contributed by atoms with Gasteiger partial charge in [-0.15, -0.1) is 23.3 Å². The highest BCUT2D eigenvalue weighted by Gasteiger charge is 2.50. The van der Waals surface area contributed by atoms with E-state index in [4.69, 9.17) is 0 Å². The minimum atomic E-state index is -4.47. The topological polar surface area (TPSA) is 15.4 Å². The van der Waals surface area contributed by atoms with Crippen molar-refractivity contribution in [2.75, 3.05) is 0 Å². The first kappa shape index (κ1) is 12.6. The molecule has 0 N–H and O–H groups in total. The van der Waals surface area contributed by atoms with Gasteiger partial charge in [0.25, 0.3) is 0 Å². The molecule has 0 radical (unpaired) electrons. The lowest BCUT2D eigenvalue weighted by atomic mass is 10.1. The van der Waals surface area contributed by atoms with Crippen molar-refractivity contribution in [1.82, 2.24) is 5.01 Å². The fourth-order valence-corrected chi connectivity index (χ4v) is 2.15. The molecule has 2 rings (SSSR count). The molecule has 7 heteroatoms. The highest BCUT2D eigenvalue weighted by atomic mass is 79.9. The van der Waals surface area contributed by atoms with Gasteiger partial charge in [-0.2, -0.15) is 0 Å². The number of nitrogens with zero attached hydrogens (tertiary/aromatic N) is 2. The zero-order chi connectivity index (χ0) is 12.6. The maximum atomic E-state index is 12.4. The first-order valence-corrected chi connectivity index (χ1v) is 6.06. The van der Waals surface area contributed by atoms with E-state index in [1.807, 2.05) is 0 Å². The Balaban J connectivity index is 2.31. The number of halogens is 5. The van der Waals surface area contributed by atoms with Crippen molar-refractivity contribution in [2.24, 2.45) is 5.10 Å². The summed E-state index contributed by atoms with van der Waals surface area (Å²) < 4.78 is 37.6. The third-order valence-electron chi connectivity index (χ3n) is 2.07. The minimum Gasteiger partial charge on any atom is -0.149 e. The summed E-state index contributed by atoms with van der Waals surface area (Å²) >= 11 is 6.27. The monoisotopic (exact) mass is 368 g/mol. The predicted octanol–water partition coefficient (Wildman–Crippen LogP) is 4.29. The Hall–Kier alpha value is -0.820. The minimum absolute atomic E-state index is 0.0395. The van der Waals surface area contributed by atoms with Crippen LogP contribution in [0.2, 0.25) is 0 Å².